The van der Waals surface area contributed by atoms with Crippen LogP contribution in [0.5, 0.6) is 0 Å². The van der Waals surface area contributed by atoms with Crippen molar-refractivity contribution in [1.82, 2.24) is 19.3 Å². The molecule has 0 unspecified atom stereocenters. The largest absolute Gasteiger partial charge is 0.369 e. The molecule has 19 heavy (non-hydrogen) atoms. The number of anilines is 1. The molecule has 0 aliphatic heterocycles. The van der Waals surface area contributed by atoms with E-state index in [1.807, 2.05) is 35.4 Å². The predicted molar refractivity (Wildman–Crippen MR) is 78.9 cm³/mol. The van der Waals surface area contributed by atoms with Gasteiger partial charge >= 0.3 is 0 Å². The zero-order valence-electron chi connectivity index (χ0n) is 10.8. The Hall–Kier alpha value is -1.82. The molecule has 2 heterocycles. The second-order valence-corrected chi connectivity index (χ2v) is 5.48. The van der Waals surface area contributed by atoms with E-state index in [-0.39, 0.29) is 0 Å². The van der Waals surface area contributed by atoms with E-state index in [4.69, 9.17) is 5.73 Å². The van der Waals surface area contributed by atoms with Gasteiger partial charge in [0.25, 0.3) is 0 Å². The second kappa shape index (κ2) is 4.38. The summed E-state index contributed by atoms with van der Waals surface area (Å²) in [6.07, 6.45) is 0. The van der Waals surface area contributed by atoms with E-state index in [0.29, 0.717) is 12.5 Å². The molecule has 0 amide bonds. The summed E-state index contributed by atoms with van der Waals surface area (Å²) >= 11 is 3.48. The Kier molecular flexibility index (Phi) is 2.82. The fourth-order valence-corrected chi connectivity index (χ4v) is 2.77. The lowest BCUT2D eigenvalue weighted by atomic mass is 10.2. The molecule has 0 atom stereocenters. The molecule has 0 bridgehead atoms. The third kappa shape index (κ3) is 2.02. The van der Waals surface area contributed by atoms with Crippen molar-refractivity contribution in [2.75, 3.05) is 5.73 Å². The first-order valence-electron chi connectivity index (χ1n) is 5.96. The van der Waals surface area contributed by atoms with Crippen LogP contribution in [0.1, 0.15) is 11.3 Å². The molecular weight excluding hydrogens is 306 g/mol. The minimum atomic E-state index is 0.520. The van der Waals surface area contributed by atoms with E-state index in [9.17, 15) is 0 Å². The molecule has 98 valence electrons. The van der Waals surface area contributed by atoms with Gasteiger partial charge in [0.15, 0.2) is 5.65 Å². The Morgan fingerprint density at radius 2 is 2.16 bits per heavy atom. The maximum Gasteiger partial charge on any atom is 0.202 e. The van der Waals surface area contributed by atoms with Gasteiger partial charge in [-0.3, -0.25) is 9.25 Å². The first-order chi connectivity index (χ1) is 9.06. The highest BCUT2D eigenvalue weighted by Gasteiger charge is 2.15. The van der Waals surface area contributed by atoms with Crippen LogP contribution in [0.2, 0.25) is 0 Å². The first-order valence-corrected chi connectivity index (χ1v) is 6.75. The van der Waals surface area contributed by atoms with Gasteiger partial charge in [-0.1, -0.05) is 28.1 Å². The smallest absolute Gasteiger partial charge is 0.202 e. The van der Waals surface area contributed by atoms with Gasteiger partial charge in [0.1, 0.15) is 5.52 Å². The molecule has 0 spiro atoms. The molecule has 0 aliphatic rings. The summed E-state index contributed by atoms with van der Waals surface area (Å²) in [7, 11) is 1.91. The van der Waals surface area contributed by atoms with Crippen LogP contribution in [0.25, 0.3) is 11.2 Å². The van der Waals surface area contributed by atoms with Crippen molar-refractivity contribution in [3.63, 3.8) is 0 Å². The number of halogens is 1. The molecule has 0 saturated heterocycles. The minimum absolute atomic E-state index is 0.520. The average Bonchev–Trinajstić information content (AvgIpc) is 2.80. The third-order valence-corrected chi connectivity index (χ3v) is 3.64. The lowest BCUT2D eigenvalue weighted by molar-refractivity contribution is 0.726. The van der Waals surface area contributed by atoms with Crippen LogP contribution in [0.15, 0.2) is 28.7 Å². The summed E-state index contributed by atoms with van der Waals surface area (Å²) in [5.74, 6) is 0.520. The molecule has 2 N–H and O–H groups in total. The van der Waals surface area contributed by atoms with E-state index in [1.54, 1.807) is 0 Å². The van der Waals surface area contributed by atoms with E-state index in [2.05, 4.69) is 38.1 Å². The molecule has 0 fully saturated rings. The van der Waals surface area contributed by atoms with E-state index < -0.39 is 0 Å². The number of nitrogens with zero attached hydrogens (tertiary/aromatic N) is 4. The Balaban J connectivity index is 2.12. The highest BCUT2D eigenvalue weighted by atomic mass is 79.9. The highest BCUT2D eigenvalue weighted by molar-refractivity contribution is 9.10. The van der Waals surface area contributed by atoms with Gasteiger partial charge < -0.3 is 5.73 Å². The maximum absolute atomic E-state index is 6.02. The summed E-state index contributed by atoms with van der Waals surface area (Å²) in [5.41, 5.74) is 9.91. The van der Waals surface area contributed by atoms with Gasteiger partial charge in [0.2, 0.25) is 5.95 Å². The number of fused-ring (bicyclic) bond motifs is 1. The van der Waals surface area contributed by atoms with Crippen molar-refractivity contribution in [3.05, 3.63) is 40.0 Å². The quantitative estimate of drug-likeness (QED) is 0.789. The molecule has 3 rings (SSSR count). The Morgan fingerprint density at radius 3 is 2.89 bits per heavy atom. The predicted octanol–water partition coefficient (Wildman–Crippen LogP) is 2.47. The Labute approximate surface area is 119 Å². The van der Waals surface area contributed by atoms with Gasteiger partial charge in [0.05, 0.1) is 12.2 Å². The fraction of sp³-hybridized carbons (Fsp3) is 0.231. The molecule has 1 aromatic carbocycles. The number of nitrogen functional groups attached to an aromatic ring is 1. The number of hydrogen-bond donors (Lipinski definition) is 1. The second-order valence-electron chi connectivity index (χ2n) is 4.57. The van der Waals surface area contributed by atoms with Crippen LogP contribution in [0, 0.1) is 6.92 Å². The summed E-state index contributed by atoms with van der Waals surface area (Å²) in [4.78, 5) is 4.40. The average molecular weight is 320 g/mol. The number of rotatable bonds is 2. The fourth-order valence-electron chi connectivity index (χ4n) is 2.33. The van der Waals surface area contributed by atoms with Gasteiger partial charge in [-0.2, -0.15) is 5.10 Å². The van der Waals surface area contributed by atoms with Crippen LogP contribution >= 0.6 is 15.9 Å². The molecule has 3 aromatic rings. The number of nitrogens with two attached hydrogens (primary N) is 1. The van der Waals surface area contributed by atoms with Gasteiger partial charge in [-0.05, 0) is 24.6 Å². The van der Waals surface area contributed by atoms with Gasteiger partial charge in [-0.25, -0.2) is 4.98 Å². The zero-order valence-corrected chi connectivity index (χ0v) is 12.3. The van der Waals surface area contributed by atoms with Crippen LogP contribution in [-0.2, 0) is 13.6 Å². The summed E-state index contributed by atoms with van der Waals surface area (Å²) in [6.45, 7) is 2.62. The maximum atomic E-state index is 6.02. The van der Waals surface area contributed by atoms with Crippen molar-refractivity contribution >= 4 is 33.0 Å². The summed E-state index contributed by atoms with van der Waals surface area (Å²) in [5, 5.41) is 4.38. The minimum Gasteiger partial charge on any atom is -0.369 e. The molecule has 0 radical (unpaired) electrons. The monoisotopic (exact) mass is 319 g/mol. The van der Waals surface area contributed by atoms with Crippen molar-refractivity contribution in [1.29, 1.82) is 0 Å². The van der Waals surface area contributed by atoms with Crippen LogP contribution in [0.3, 0.4) is 0 Å². The van der Waals surface area contributed by atoms with E-state index in [1.165, 1.54) is 5.56 Å². The molecule has 0 saturated carbocycles. The van der Waals surface area contributed by atoms with Crippen molar-refractivity contribution in [3.8, 4) is 0 Å². The molecule has 2 aromatic heterocycles. The lowest BCUT2D eigenvalue weighted by Crippen LogP contribution is -2.07. The topological polar surface area (TPSA) is 61.7 Å². The summed E-state index contributed by atoms with van der Waals surface area (Å²) < 4.78 is 4.87. The van der Waals surface area contributed by atoms with Crippen molar-refractivity contribution in [2.24, 2.45) is 7.05 Å². The Morgan fingerprint density at radius 1 is 1.37 bits per heavy atom. The number of benzene rings is 1. The standard InChI is InChI=1S/C13H14BrN5/c1-8-11-12(18(2)17-8)19(13(15)16-11)7-9-4-3-5-10(14)6-9/h3-6H,7H2,1-2H3,(H2,15,16). The van der Waals surface area contributed by atoms with Crippen molar-refractivity contribution < 1.29 is 0 Å². The van der Waals surface area contributed by atoms with Crippen LogP contribution in [-0.4, -0.2) is 19.3 Å². The van der Waals surface area contributed by atoms with E-state index >= 15 is 0 Å². The third-order valence-electron chi connectivity index (χ3n) is 3.15. The first kappa shape index (κ1) is 12.2. The summed E-state index contributed by atoms with van der Waals surface area (Å²) in [6, 6.07) is 8.16. The number of hydrogen-bond acceptors (Lipinski definition) is 3. The SMILES string of the molecule is Cc1nn(C)c2c1nc(N)n2Cc1cccc(Br)c1. The highest BCUT2D eigenvalue weighted by Crippen LogP contribution is 2.22. The molecular formula is C13H14BrN5. The van der Waals surface area contributed by atoms with Crippen LogP contribution in [0.4, 0.5) is 5.95 Å². The molecule has 5 nitrogen and oxygen atoms in total. The number of aromatic nitrogens is 4. The number of imidazole rings is 1. The van der Waals surface area contributed by atoms with Gasteiger partial charge in [0, 0.05) is 11.5 Å². The Bertz CT molecular complexity index is 756. The lowest BCUT2D eigenvalue weighted by Gasteiger charge is -2.07. The van der Waals surface area contributed by atoms with Gasteiger partial charge in [-0.15, -0.1) is 0 Å². The number of aryl methyl sites for hydroxylation is 2. The van der Waals surface area contributed by atoms with Crippen molar-refractivity contribution in [2.45, 2.75) is 13.5 Å². The molecule has 6 heteroatoms. The normalized spacial score (nSPS) is 11.3. The van der Waals surface area contributed by atoms with E-state index in [0.717, 1.165) is 21.3 Å². The van der Waals surface area contributed by atoms with Crippen LogP contribution < -0.4 is 5.73 Å². The zero-order chi connectivity index (χ0) is 13.6. The molecule has 0 aliphatic carbocycles.